The van der Waals surface area contributed by atoms with E-state index in [1.54, 1.807) is 0 Å². The number of benzene rings is 2. The van der Waals surface area contributed by atoms with Gasteiger partial charge in [0.1, 0.15) is 0 Å². The average molecular weight is 508 g/mol. The van der Waals surface area contributed by atoms with Crippen LogP contribution in [0.25, 0.3) is 0 Å². The first-order valence-corrected chi connectivity index (χ1v) is 12.0. The summed E-state index contributed by atoms with van der Waals surface area (Å²) in [7, 11) is 4.18. The first-order chi connectivity index (χ1) is 16.2. The zero-order valence-electron chi connectivity index (χ0n) is 20.4. The van der Waals surface area contributed by atoms with E-state index >= 15 is 0 Å². The van der Waals surface area contributed by atoms with Gasteiger partial charge in [0.05, 0.1) is 12.8 Å². The number of nitrogens with zero attached hydrogens (tertiary/aromatic N) is 1. The van der Waals surface area contributed by atoms with Gasteiger partial charge in [-0.15, -0.1) is 0 Å². The van der Waals surface area contributed by atoms with E-state index in [0.29, 0.717) is 0 Å². The van der Waals surface area contributed by atoms with Crippen molar-refractivity contribution in [2.45, 2.75) is 54.9 Å². The second-order valence-electron chi connectivity index (χ2n) is 8.62. The molecule has 2 rings (SSSR count). The maximum atomic E-state index is 12.8. The maximum absolute atomic E-state index is 12.8. The molecule has 1 unspecified atom stereocenters. The molecular weight excluding hydrogens is 474 g/mol. The van der Waals surface area contributed by atoms with Gasteiger partial charge in [0.15, 0.2) is 15.4 Å². The predicted molar refractivity (Wildman–Crippen MR) is 131 cm³/mol. The Hall–Kier alpha value is -2.92. The van der Waals surface area contributed by atoms with E-state index in [9.17, 15) is 18.9 Å². The highest BCUT2D eigenvalue weighted by Crippen LogP contribution is 2.24. The number of hydrogen-bond donors (Lipinski definition) is 4. The third-order valence-corrected chi connectivity index (χ3v) is 6.22. The van der Waals surface area contributed by atoms with Crippen LogP contribution in [0.1, 0.15) is 36.0 Å². The van der Waals surface area contributed by atoms with Crippen LogP contribution in [0.15, 0.2) is 52.3 Å². The molecule has 10 heteroatoms. The zero-order chi connectivity index (χ0) is 26.8. The van der Waals surface area contributed by atoms with E-state index < -0.39 is 47.5 Å². The van der Waals surface area contributed by atoms with Crippen molar-refractivity contribution in [2.75, 3.05) is 20.6 Å². The Morgan fingerprint density at radius 2 is 1.46 bits per heavy atom. The molecule has 0 aliphatic rings. The van der Waals surface area contributed by atoms with Crippen LogP contribution >= 0.6 is 0 Å². The van der Waals surface area contributed by atoms with Crippen LogP contribution in [0.2, 0.25) is 0 Å². The van der Waals surface area contributed by atoms with Gasteiger partial charge in [-0.2, -0.15) is 0 Å². The Bertz CT molecular complexity index is 988. The molecule has 0 radical (unpaired) electrons. The molecule has 0 bridgehead atoms. The number of aryl methyl sites for hydroxylation is 3. The molecule has 0 fully saturated rings. The molecule has 0 amide bonds. The van der Waals surface area contributed by atoms with Crippen molar-refractivity contribution in [3.05, 3.63) is 59.2 Å². The summed E-state index contributed by atoms with van der Waals surface area (Å²) in [4.78, 5) is 34.5. The fourth-order valence-corrected chi connectivity index (χ4v) is 4.62. The highest BCUT2D eigenvalue weighted by atomic mass is 32.2. The number of aliphatic carboxylic acids is 3. The normalized spacial score (nSPS) is 12.0. The molecule has 2 aromatic carbocycles. The van der Waals surface area contributed by atoms with Gasteiger partial charge in [-0.25, -0.2) is 4.79 Å². The van der Waals surface area contributed by atoms with Crippen LogP contribution in [-0.2, 0) is 32.0 Å². The number of aliphatic hydroxyl groups is 1. The third kappa shape index (κ3) is 10.9. The SMILES string of the molecule is Cc1cc(C)cc([S+]([O-])c2cccc(CCCN(C)C)c2)c1.O=C(O)CC(O)(CC(=O)O)C(=O)O. The summed E-state index contributed by atoms with van der Waals surface area (Å²) < 4.78 is 12.8. The van der Waals surface area contributed by atoms with Gasteiger partial charge in [-0.1, -0.05) is 18.2 Å². The molecule has 2 aromatic rings. The fraction of sp³-hybridized carbons (Fsp3) is 0.400. The van der Waals surface area contributed by atoms with Crippen LogP contribution in [0.3, 0.4) is 0 Å². The second-order valence-corrected chi connectivity index (χ2v) is 10.1. The lowest BCUT2D eigenvalue weighted by molar-refractivity contribution is -0.170. The van der Waals surface area contributed by atoms with Crippen molar-refractivity contribution in [3.8, 4) is 0 Å². The summed E-state index contributed by atoms with van der Waals surface area (Å²) in [5.41, 5.74) is 0.838. The van der Waals surface area contributed by atoms with Crippen molar-refractivity contribution < 1.29 is 39.4 Å². The highest BCUT2D eigenvalue weighted by Gasteiger charge is 2.40. The Morgan fingerprint density at radius 3 is 1.91 bits per heavy atom. The van der Waals surface area contributed by atoms with Crippen LogP contribution in [0.4, 0.5) is 0 Å². The minimum absolute atomic E-state index is 0.892. The monoisotopic (exact) mass is 507 g/mol. The largest absolute Gasteiger partial charge is 0.606 e. The van der Waals surface area contributed by atoms with Gasteiger partial charge < -0.3 is 29.9 Å². The Kier molecular flexibility index (Phi) is 11.9. The maximum Gasteiger partial charge on any atom is 0.336 e. The van der Waals surface area contributed by atoms with Crippen LogP contribution in [0, 0.1) is 13.8 Å². The fourth-order valence-electron chi connectivity index (χ4n) is 3.31. The smallest absolute Gasteiger partial charge is 0.336 e. The first kappa shape index (κ1) is 30.1. The predicted octanol–water partition coefficient (Wildman–Crippen LogP) is 2.72. The molecule has 0 aromatic heterocycles. The van der Waals surface area contributed by atoms with E-state index in [1.807, 2.05) is 38.1 Å². The van der Waals surface area contributed by atoms with Gasteiger partial charge in [0, 0.05) is 11.2 Å². The van der Waals surface area contributed by atoms with Crippen molar-refractivity contribution in [3.63, 3.8) is 0 Å². The van der Waals surface area contributed by atoms with Gasteiger partial charge in [-0.05, 0) is 88.3 Å². The number of carboxylic acids is 3. The quantitative estimate of drug-likeness (QED) is 0.335. The molecule has 9 nitrogen and oxygen atoms in total. The zero-order valence-corrected chi connectivity index (χ0v) is 21.2. The lowest BCUT2D eigenvalue weighted by atomic mass is 9.96. The van der Waals surface area contributed by atoms with E-state index in [1.165, 1.54) is 5.56 Å². The molecule has 1 atom stereocenters. The Morgan fingerprint density at radius 1 is 0.914 bits per heavy atom. The van der Waals surface area contributed by atoms with Gasteiger partial charge in [-0.3, -0.25) is 9.59 Å². The minimum Gasteiger partial charge on any atom is -0.606 e. The molecule has 192 valence electrons. The van der Waals surface area contributed by atoms with Gasteiger partial charge in [0.25, 0.3) is 0 Å². The molecule has 0 saturated carbocycles. The number of carboxylic acid groups (broad SMARTS) is 3. The van der Waals surface area contributed by atoms with E-state index in [-0.39, 0.29) is 0 Å². The molecule has 0 aliphatic heterocycles. The summed E-state index contributed by atoms with van der Waals surface area (Å²) in [5.74, 6) is -5.02. The molecular formula is C25H33NO8S. The third-order valence-electron chi connectivity index (χ3n) is 4.88. The number of carbonyl (C=O) groups is 3. The van der Waals surface area contributed by atoms with E-state index in [4.69, 9.17) is 20.4 Å². The molecule has 0 heterocycles. The second kappa shape index (κ2) is 13.8. The highest BCUT2D eigenvalue weighted by molar-refractivity contribution is 7.91. The van der Waals surface area contributed by atoms with Crippen LogP contribution < -0.4 is 0 Å². The van der Waals surface area contributed by atoms with E-state index in [0.717, 1.165) is 40.3 Å². The lowest BCUT2D eigenvalue weighted by Gasteiger charge is -2.18. The number of rotatable bonds is 11. The summed E-state index contributed by atoms with van der Waals surface area (Å²) in [6.07, 6.45) is -0.147. The summed E-state index contributed by atoms with van der Waals surface area (Å²) >= 11 is -1.10. The molecule has 0 spiro atoms. The molecule has 0 saturated heterocycles. The van der Waals surface area contributed by atoms with E-state index in [2.05, 4.69) is 37.2 Å². The van der Waals surface area contributed by atoms with Crippen molar-refractivity contribution in [2.24, 2.45) is 0 Å². The van der Waals surface area contributed by atoms with Crippen molar-refractivity contribution >= 4 is 29.1 Å². The lowest BCUT2D eigenvalue weighted by Crippen LogP contribution is -2.42. The van der Waals surface area contributed by atoms with Crippen LogP contribution in [0.5, 0.6) is 0 Å². The molecule has 0 aliphatic carbocycles. The van der Waals surface area contributed by atoms with Gasteiger partial charge in [0.2, 0.25) is 0 Å². The topological polar surface area (TPSA) is 158 Å². The van der Waals surface area contributed by atoms with Crippen molar-refractivity contribution in [1.29, 1.82) is 0 Å². The Labute approximate surface area is 208 Å². The van der Waals surface area contributed by atoms with Crippen LogP contribution in [-0.4, -0.2) is 74.0 Å². The summed E-state index contributed by atoms with van der Waals surface area (Å²) in [5, 5.41) is 33.8. The van der Waals surface area contributed by atoms with Crippen molar-refractivity contribution in [1.82, 2.24) is 4.90 Å². The summed E-state index contributed by atoms with van der Waals surface area (Å²) in [6, 6.07) is 14.3. The standard InChI is InChI=1S/C19H25NOS.C6H8O7/c1-15-11-16(2)13-19(12-15)22(21)18-9-5-7-17(14-18)8-6-10-20(3)4;7-3(8)1-6(13,5(11)12)2-4(9)10/h5,7,9,11-14H,6,8,10H2,1-4H3;13H,1-2H2,(H,7,8)(H,9,10)(H,11,12). The minimum atomic E-state index is -2.74. The van der Waals surface area contributed by atoms with Gasteiger partial charge >= 0.3 is 17.9 Å². The summed E-state index contributed by atoms with van der Waals surface area (Å²) in [6.45, 7) is 5.17. The molecule has 4 N–H and O–H groups in total. The Balaban J connectivity index is 0.000000405. The number of hydrogen-bond acceptors (Lipinski definition) is 6. The average Bonchev–Trinajstić information content (AvgIpc) is 2.71. The molecule has 35 heavy (non-hydrogen) atoms. The first-order valence-electron chi connectivity index (χ1n) is 10.9.